The average Bonchev–Trinajstić information content (AvgIpc) is 2.45. The van der Waals surface area contributed by atoms with Crippen LogP contribution in [0.1, 0.15) is 0 Å². The minimum absolute atomic E-state index is 0.477. The van der Waals surface area contributed by atoms with Gasteiger partial charge in [-0.3, -0.25) is 9.59 Å². The third kappa shape index (κ3) is 1.14. The third-order valence-electron chi connectivity index (χ3n) is 2.30. The molecule has 2 unspecified atom stereocenters. The second-order valence-corrected chi connectivity index (χ2v) is 3.59. The number of rotatable bonds is 1. The molecule has 0 saturated carbocycles. The summed E-state index contributed by atoms with van der Waals surface area (Å²) >= 11 is 5.91. The second-order valence-electron chi connectivity index (χ2n) is 3.08. The summed E-state index contributed by atoms with van der Waals surface area (Å²) in [6.45, 7) is 0. The normalized spacial score (nSPS) is 30.4. The highest BCUT2D eigenvalue weighted by atomic mass is 35.5. The van der Waals surface area contributed by atoms with Gasteiger partial charge in [-0.1, -0.05) is 6.08 Å². The number of hydrogen-bond donors (Lipinski definition) is 1. The Morgan fingerprint density at radius 3 is 2.86 bits per heavy atom. The van der Waals surface area contributed by atoms with E-state index in [9.17, 15) is 9.59 Å². The lowest BCUT2D eigenvalue weighted by Gasteiger charge is -2.19. The van der Waals surface area contributed by atoms with Crippen molar-refractivity contribution in [1.29, 1.82) is 0 Å². The van der Waals surface area contributed by atoms with E-state index in [1.807, 2.05) is 0 Å². The maximum Gasteiger partial charge on any atom is 0.292 e. The highest BCUT2D eigenvalue weighted by molar-refractivity contribution is 6.42. The largest absolute Gasteiger partial charge is 0.495 e. The number of ketones is 1. The molecular formula is C9H8ClNO3. The van der Waals surface area contributed by atoms with E-state index in [2.05, 4.69) is 5.32 Å². The molecule has 2 aliphatic rings. The zero-order valence-electron chi connectivity index (χ0n) is 7.41. The van der Waals surface area contributed by atoms with E-state index < -0.39 is 23.0 Å². The van der Waals surface area contributed by atoms with Crippen LogP contribution in [-0.2, 0) is 14.3 Å². The molecule has 0 bridgehead atoms. The Hall–Kier alpha value is -1.29. The van der Waals surface area contributed by atoms with Crippen molar-refractivity contribution in [3.05, 3.63) is 23.6 Å². The summed E-state index contributed by atoms with van der Waals surface area (Å²) in [5.74, 6) is -1.23. The first-order valence-electron chi connectivity index (χ1n) is 4.10. The van der Waals surface area contributed by atoms with E-state index in [4.69, 9.17) is 16.3 Å². The van der Waals surface area contributed by atoms with E-state index in [1.165, 1.54) is 7.11 Å². The number of allylic oxidation sites excluding steroid dienone is 3. The lowest BCUT2D eigenvalue weighted by molar-refractivity contribution is -0.136. The molecule has 1 heterocycles. The van der Waals surface area contributed by atoms with Gasteiger partial charge in [0.15, 0.2) is 0 Å². The Morgan fingerprint density at radius 2 is 2.21 bits per heavy atom. The zero-order chi connectivity index (χ0) is 10.3. The number of fused-ring (bicyclic) bond motifs is 1. The van der Waals surface area contributed by atoms with Crippen LogP contribution in [0.3, 0.4) is 0 Å². The van der Waals surface area contributed by atoms with Crippen LogP contribution in [0.4, 0.5) is 0 Å². The number of carbonyl (C=O) groups excluding carboxylic acids is 2. The molecule has 74 valence electrons. The highest BCUT2D eigenvalue weighted by Crippen LogP contribution is 2.32. The molecule has 5 heteroatoms. The Balaban J connectivity index is 2.47. The van der Waals surface area contributed by atoms with Crippen molar-refractivity contribution in [2.24, 2.45) is 5.92 Å². The Morgan fingerprint density at radius 1 is 1.50 bits per heavy atom. The quantitative estimate of drug-likeness (QED) is 0.505. The first-order valence-corrected chi connectivity index (χ1v) is 4.54. The highest BCUT2D eigenvalue weighted by Gasteiger charge is 2.44. The number of halogens is 1. The van der Waals surface area contributed by atoms with E-state index in [1.54, 1.807) is 12.2 Å². The number of Topliss-reactive ketones (excluding diaryl/α,β-unsaturated/α-hetero) is 1. The van der Waals surface area contributed by atoms with Crippen LogP contribution < -0.4 is 5.32 Å². The van der Waals surface area contributed by atoms with Crippen LogP contribution in [0, 0.1) is 5.92 Å². The number of ether oxygens (including phenoxy) is 1. The van der Waals surface area contributed by atoms with Gasteiger partial charge in [0, 0.05) is 0 Å². The predicted octanol–water partition coefficient (Wildman–Crippen LogP) is 0.337. The first kappa shape index (κ1) is 9.27. The van der Waals surface area contributed by atoms with Gasteiger partial charge in [-0.25, -0.2) is 0 Å². The van der Waals surface area contributed by atoms with Crippen LogP contribution in [0.2, 0.25) is 0 Å². The molecule has 1 saturated heterocycles. The molecule has 0 aromatic rings. The average molecular weight is 214 g/mol. The summed E-state index contributed by atoms with van der Waals surface area (Å²) in [5.41, 5.74) is 0.477. The van der Waals surface area contributed by atoms with E-state index in [0.29, 0.717) is 11.5 Å². The van der Waals surface area contributed by atoms with Gasteiger partial charge in [0.05, 0.1) is 24.1 Å². The Kier molecular flexibility index (Phi) is 2.07. The van der Waals surface area contributed by atoms with Gasteiger partial charge < -0.3 is 10.1 Å². The fourth-order valence-electron chi connectivity index (χ4n) is 1.61. The standard InChI is InChI=1S/C9H8ClNO3/c1-14-5-3-2-4(10)6-7(5)11-9(13)8(6)12/h2-4,6H,1H3,(H,11,13). The van der Waals surface area contributed by atoms with Crippen LogP contribution in [0.5, 0.6) is 0 Å². The molecule has 14 heavy (non-hydrogen) atoms. The Labute approximate surface area is 85.6 Å². The molecule has 1 aliphatic heterocycles. The van der Waals surface area contributed by atoms with Crippen molar-refractivity contribution < 1.29 is 14.3 Å². The van der Waals surface area contributed by atoms with Crippen LogP contribution >= 0.6 is 11.6 Å². The first-order chi connectivity index (χ1) is 6.65. The number of carbonyl (C=O) groups is 2. The smallest absolute Gasteiger partial charge is 0.292 e. The molecule has 1 amide bonds. The zero-order valence-corrected chi connectivity index (χ0v) is 8.17. The summed E-state index contributed by atoms with van der Waals surface area (Å²) in [6, 6.07) is 0. The van der Waals surface area contributed by atoms with Gasteiger partial charge >= 0.3 is 0 Å². The maximum atomic E-state index is 11.4. The van der Waals surface area contributed by atoms with E-state index in [0.717, 1.165) is 0 Å². The molecule has 0 aromatic carbocycles. The molecule has 0 radical (unpaired) electrons. The van der Waals surface area contributed by atoms with Gasteiger partial charge in [-0.15, -0.1) is 11.6 Å². The molecule has 1 N–H and O–H groups in total. The van der Waals surface area contributed by atoms with Crippen molar-refractivity contribution in [1.82, 2.24) is 5.32 Å². The van der Waals surface area contributed by atoms with Crippen LogP contribution in [0.25, 0.3) is 0 Å². The van der Waals surface area contributed by atoms with Crippen molar-refractivity contribution in [2.75, 3.05) is 7.11 Å². The Bertz CT molecular complexity index is 372. The lowest BCUT2D eigenvalue weighted by atomic mass is 9.94. The molecule has 1 fully saturated rings. The lowest BCUT2D eigenvalue weighted by Crippen LogP contribution is -2.24. The molecule has 4 nitrogen and oxygen atoms in total. The topological polar surface area (TPSA) is 55.4 Å². The van der Waals surface area contributed by atoms with Crippen molar-refractivity contribution in [2.45, 2.75) is 5.38 Å². The molecular weight excluding hydrogens is 206 g/mol. The van der Waals surface area contributed by atoms with Crippen LogP contribution in [-0.4, -0.2) is 24.2 Å². The minimum Gasteiger partial charge on any atom is -0.495 e. The third-order valence-corrected chi connectivity index (χ3v) is 2.70. The summed E-state index contributed by atoms with van der Waals surface area (Å²) in [7, 11) is 1.48. The van der Waals surface area contributed by atoms with Gasteiger partial charge in [-0.2, -0.15) is 0 Å². The molecule has 0 aromatic heterocycles. The molecule has 2 rings (SSSR count). The van der Waals surface area contributed by atoms with Crippen molar-refractivity contribution >= 4 is 23.3 Å². The van der Waals surface area contributed by atoms with Crippen molar-refractivity contribution in [3.8, 4) is 0 Å². The number of nitrogens with one attached hydrogen (secondary N) is 1. The summed E-state index contributed by atoms with van der Waals surface area (Å²) < 4.78 is 5.02. The summed E-state index contributed by atoms with van der Waals surface area (Å²) in [5, 5.41) is 1.99. The number of methoxy groups -OCH3 is 1. The van der Waals surface area contributed by atoms with Gasteiger partial charge in [-0.05, 0) is 6.08 Å². The predicted molar refractivity (Wildman–Crippen MR) is 49.5 cm³/mol. The number of hydrogen-bond acceptors (Lipinski definition) is 3. The fourth-order valence-corrected chi connectivity index (χ4v) is 1.92. The minimum atomic E-state index is -0.617. The summed E-state index contributed by atoms with van der Waals surface area (Å²) in [4.78, 5) is 22.5. The van der Waals surface area contributed by atoms with E-state index >= 15 is 0 Å². The van der Waals surface area contributed by atoms with Gasteiger partial charge in [0.2, 0.25) is 5.78 Å². The molecule has 0 spiro atoms. The number of alkyl halides is 1. The van der Waals surface area contributed by atoms with Gasteiger partial charge in [0.25, 0.3) is 5.91 Å². The molecule has 2 atom stereocenters. The molecule has 1 aliphatic carbocycles. The van der Waals surface area contributed by atoms with Crippen molar-refractivity contribution in [3.63, 3.8) is 0 Å². The maximum absolute atomic E-state index is 11.4. The fraction of sp³-hybridized carbons (Fsp3) is 0.333. The second kappa shape index (κ2) is 3.13. The number of amides is 1. The SMILES string of the molecule is COC1=C2NC(=O)C(=O)C2C(Cl)C=C1. The summed E-state index contributed by atoms with van der Waals surface area (Å²) in [6.07, 6.45) is 3.30. The van der Waals surface area contributed by atoms with E-state index in [-0.39, 0.29) is 0 Å². The van der Waals surface area contributed by atoms with Gasteiger partial charge in [0.1, 0.15) is 5.76 Å². The monoisotopic (exact) mass is 213 g/mol. The van der Waals surface area contributed by atoms with Crippen LogP contribution in [0.15, 0.2) is 23.6 Å².